The molecule has 0 N–H and O–H groups in total. The van der Waals surface area contributed by atoms with Crippen LogP contribution in [0.5, 0.6) is 0 Å². The van der Waals surface area contributed by atoms with Crippen molar-refractivity contribution in [2.24, 2.45) is 0 Å². The van der Waals surface area contributed by atoms with E-state index in [4.69, 9.17) is 0 Å². The summed E-state index contributed by atoms with van der Waals surface area (Å²) in [5, 5.41) is 9.40. The van der Waals surface area contributed by atoms with Crippen LogP contribution < -0.4 is 0 Å². The Kier molecular flexibility index (Phi) is 16.2. The van der Waals surface area contributed by atoms with E-state index in [1.807, 2.05) is 0 Å². The maximum absolute atomic E-state index is 13.4. The molecule has 0 aliphatic rings. The number of rotatable bonds is 20. The topological polar surface area (TPSA) is 61.2 Å². The van der Waals surface area contributed by atoms with Crippen molar-refractivity contribution in [3.05, 3.63) is 29.8 Å². The molecule has 0 heterocycles. The van der Waals surface area contributed by atoms with Crippen LogP contribution in [0.25, 0.3) is 0 Å². The van der Waals surface area contributed by atoms with Crippen molar-refractivity contribution in [3.63, 3.8) is 0 Å². The molecule has 1 aromatic carbocycles. The predicted octanol–water partition coefficient (Wildman–Crippen LogP) is 7.83. The van der Waals surface area contributed by atoms with Crippen molar-refractivity contribution in [3.8, 4) is 6.07 Å². The molecule has 0 radical (unpaired) electrons. The van der Waals surface area contributed by atoms with Gasteiger partial charge in [-0.25, -0.2) is 8.42 Å². The Morgan fingerprint density at radius 3 is 1.53 bits per heavy atom. The Bertz CT molecular complexity index is 720. The summed E-state index contributed by atoms with van der Waals surface area (Å²) in [6.07, 6.45) is 19.0. The third-order valence-electron chi connectivity index (χ3n) is 6.15. The fourth-order valence-electron chi connectivity index (χ4n) is 4.12. The van der Waals surface area contributed by atoms with Gasteiger partial charge in [-0.05, 0) is 25.0 Å². The number of nitrogens with zero attached hydrogens (tertiary/aromatic N) is 2. The molecule has 32 heavy (non-hydrogen) atoms. The Labute approximate surface area is 198 Å². The predicted molar refractivity (Wildman–Crippen MR) is 135 cm³/mol. The van der Waals surface area contributed by atoms with Crippen LogP contribution >= 0.6 is 0 Å². The third kappa shape index (κ3) is 11.5. The summed E-state index contributed by atoms with van der Waals surface area (Å²) in [4.78, 5) is 0.154. The zero-order valence-electron chi connectivity index (χ0n) is 20.7. The molecule has 0 atom stereocenters. The molecule has 0 unspecified atom stereocenters. The molecule has 4 nitrogen and oxygen atoms in total. The van der Waals surface area contributed by atoms with Crippen LogP contribution in [-0.2, 0) is 10.0 Å². The van der Waals surface area contributed by atoms with Gasteiger partial charge < -0.3 is 0 Å². The van der Waals surface area contributed by atoms with Gasteiger partial charge in [0.05, 0.1) is 10.5 Å². The van der Waals surface area contributed by atoms with Gasteiger partial charge in [-0.15, -0.1) is 0 Å². The molecule has 5 heteroatoms. The highest BCUT2D eigenvalue weighted by atomic mass is 32.2. The maximum Gasteiger partial charge on any atom is 0.244 e. The van der Waals surface area contributed by atoms with Crippen molar-refractivity contribution < 1.29 is 8.42 Å². The summed E-state index contributed by atoms with van der Waals surface area (Å²) in [7, 11) is -3.64. The van der Waals surface area contributed by atoms with Gasteiger partial charge in [-0.3, -0.25) is 0 Å². The molecule has 0 aliphatic carbocycles. The summed E-state index contributed by atoms with van der Waals surface area (Å²) in [6.45, 7) is 5.55. The fraction of sp³-hybridized carbons (Fsp3) is 0.741. The Morgan fingerprint density at radius 2 is 1.09 bits per heavy atom. The van der Waals surface area contributed by atoms with E-state index in [1.54, 1.807) is 28.6 Å². The Balaban J connectivity index is 2.59. The minimum absolute atomic E-state index is 0.154. The van der Waals surface area contributed by atoms with E-state index >= 15 is 0 Å². The lowest BCUT2D eigenvalue weighted by Gasteiger charge is -2.23. The van der Waals surface area contributed by atoms with Gasteiger partial charge in [0.1, 0.15) is 6.07 Å². The minimum atomic E-state index is -3.64. The fourth-order valence-corrected chi connectivity index (χ4v) is 5.78. The van der Waals surface area contributed by atoms with Crippen molar-refractivity contribution in [2.75, 3.05) is 13.1 Å². The summed E-state index contributed by atoms with van der Waals surface area (Å²) in [5.41, 5.74) is 0.240. The van der Waals surface area contributed by atoms with Crippen LogP contribution in [0, 0.1) is 11.3 Å². The van der Waals surface area contributed by atoms with Crippen LogP contribution in [-0.4, -0.2) is 25.8 Å². The van der Waals surface area contributed by atoms with Crippen molar-refractivity contribution in [1.82, 2.24) is 4.31 Å². The van der Waals surface area contributed by atoms with E-state index in [2.05, 4.69) is 19.9 Å². The van der Waals surface area contributed by atoms with E-state index in [0.717, 1.165) is 25.7 Å². The zero-order chi connectivity index (χ0) is 23.5. The monoisotopic (exact) mass is 462 g/mol. The zero-order valence-corrected chi connectivity index (χ0v) is 21.5. The lowest BCUT2D eigenvalue weighted by molar-refractivity contribution is 0.383. The number of hydrogen-bond donors (Lipinski definition) is 0. The molecule has 1 rings (SSSR count). The first kappa shape index (κ1) is 28.7. The molecule has 182 valence electrons. The first-order valence-electron chi connectivity index (χ1n) is 13.1. The molecular weight excluding hydrogens is 416 g/mol. The summed E-state index contributed by atoms with van der Waals surface area (Å²) < 4.78 is 28.4. The van der Waals surface area contributed by atoms with E-state index in [1.165, 1.54) is 77.0 Å². The van der Waals surface area contributed by atoms with Crippen LogP contribution in [0.4, 0.5) is 0 Å². The van der Waals surface area contributed by atoms with Gasteiger partial charge in [0.25, 0.3) is 0 Å². The number of nitriles is 1. The normalized spacial score (nSPS) is 11.7. The molecule has 0 saturated heterocycles. The third-order valence-corrected chi connectivity index (χ3v) is 8.10. The highest BCUT2D eigenvalue weighted by molar-refractivity contribution is 7.89. The molecule has 0 amide bonds. The Hall–Kier alpha value is -1.38. The van der Waals surface area contributed by atoms with E-state index in [0.29, 0.717) is 13.1 Å². The number of hydrogen-bond acceptors (Lipinski definition) is 3. The number of benzene rings is 1. The molecule has 0 aromatic heterocycles. The van der Waals surface area contributed by atoms with E-state index < -0.39 is 10.0 Å². The van der Waals surface area contributed by atoms with Crippen LogP contribution in [0.15, 0.2) is 29.2 Å². The van der Waals surface area contributed by atoms with E-state index in [9.17, 15) is 13.7 Å². The van der Waals surface area contributed by atoms with Crippen molar-refractivity contribution >= 4 is 10.0 Å². The molecule has 0 bridgehead atoms. The van der Waals surface area contributed by atoms with Crippen molar-refractivity contribution in [1.29, 1.82) is 5.26 Å². The average Bonchev–Trinajstić information content (AvgIpc) is 2.80. The van der Waals surface area contributed by atoms with Gasteiger partial charge in [0, 0.05) is 13.1 Å². The summed E-state index contributed by atoms with van der Waals surface area (Å²) in [5.74, 6) is 0. The molecule has 0 fully saturated rings. The summed E-state index contributed by atoms with van der Waals surface area (Å²) >= 11 is 0. The van der Waals surface area contributed by atoms with Gasteiger partial charge >= 0.3 is 0 Å². The van der Waals surface area contributed by atoms with Crippen LogP contribution in [0.3, 0.4) is 0 Å². The smallest absolute Gasteiger partial charge is 0.207 e. The lowest BCUT2D eigenvalue weighted by atomic mass is 10.1. The number of sulfonamides is 1. The standard InChI is InChI=1S/C27H46N2O2S/c1-3-5-7-9-11-13-15-19-23-29(24-20-16-14-12-10-8-6-4-2)32(30,31)27-22-18-17-21-26(27)25-28/h17-18,21-22H,3-16,19-20,23-24H2,1-2H3. The highest BCUT2D eigenvalue weighted by Gasteiger charge is 2.26. The molecule has 0 saturated carbocycles. The van der Waals surface area contributed by atoms with Crippen LogP contribution in [0.2, 0.25) is 0 Å². The highest BCUT2D eigenvalue weighted by Crippen LogP contribution is 2.22. The molecular formula is C27H46N2O2S. The van der Waals surface area contributed by atoms with Crippen molar-refractivity contribution in [2.45, 2.75) is 121 Å². The molecule has 1 aromatic rings. The first-order chi connectivity index (χ1) is 15.6. The minimum Gasteiger partial charge on any atom is -0.207 e. The van der Waals surface area contributed by atoms with Gasteiger partial charge in [0.15, 0.2) is 0 Å². The summed E-state index contributed by atoms with van der Waals surface area (Å²) in [6, 6.07) is 8.65. The van der Waals surface area contributed by atoms with Crippen LogP contribution in [0.1, 0.15) is 122 Å². The second kappa shape index (κ2) is 18.1. The second-order valence-electron chi connectivity index (χ2n) is 8.96. The number of unbranched alkanes of at least 4 members (excludes halogenated alkanes) is 14. The largest absolute Gasteiger partial charge is 0.244 e. The van der Waals surface area contributed by atoms with E-state index in [-0.39, 0.29) is 10.5 Å². The van der Waals surface area contributed by atoms with Gasteiger partial charge in [0.2, 0.25) is 10.0 Å². The SMILES string of the molecule is CCCCCCCCCCN(CCCCCCCCCC)S(=O)(=O)c1ccccc1C#N. The molecule has 0 aliphatic heterocycles. The maximum atomic E-state index is 13.4. The first-order valence-corrected chi connectivity index (χ1v) is 14.5. The Morgan fingerprint density at radius 1 is 0.688 bits per heavy atom. The molecule has 0 spiro atoms. The second-order valence-corrected chi connectivity index (χ2v) is 10.9. The van der Waals surface area contributed by atoms with Gasteiger partial charge in [-0.1, -0.05) is 116 Å². The average molecular weight is 463 g/mol. The lowest BCUT2D eigenvalue weighted by Crippen LogP contribution is -2.33. The quantitative estimate of drug-likeness (QED) is 0.185. The van der Waals surface area contributed by atoms with Gasteiger partial charge in [-0.2, -0.15) is 9.57 Å².